The minimum Gasteiger partial charge on any atom is -0.478 e. The van der Waals surface area contributed by atoms with Gasteiger partial charge in [0.05, 0.1) is 5.69 Å². The van der Waals surface area contributed by atoms with Gasteiger partial charge in [-0.25, -0.2) is 14.8 Å². The van der Waals surface area contributed by atoms with Crippen LogP contribution in [0, 0.1) is 13.8 Å². The van der Waals surface area contributed by atoms with E-state index in [0.29, 0.717) is 16.5 Å². The monoisotopic (exact) mass is 289 g/mol. The highest BCUT2D eigenvalue weighted by atomic mass is 32.2. The number of thioether (sulfide) groups is 1. The Morgan fingerprint density at radius 2 is 2.10 bits per heavy atom. The second-order valence-electron chi connectivity index (χ2n) is 4.26. The minimum atomic E-state index is -0.983. The highest BCUT2D eigenvalue weighted by molar-refractivity contribution is 7.99. The van der Waals surface area contributed by atoms with Crippen LogP contribution in [0.4, 0.5) is 0 Å². The first-order valence-electron chi connectivity index (χ1n) is 6.19. The molecule has 2 aromatic heterocycles. The van der Waals surface area contributed by atoms with Crippen LogP contribution in [0.25, 0.3) is 0 Å². The van der Waals surface area contributed by atoms with Gasteiger partial charge < -0.3 is 5.11 Å². The maximum Gasteiger partial charge on any atom is 0.340 e. The van der Waals surface area contributed by atoms with Gasteiger partial charge in [-0.3, -0.25) is 4.98 Å². The Hall–Kier alpha value is -1.95. The van der Waals surface area contributed by atoms with Crippen LogP contribution in [-0.4, -0.2) is 31.8 Å². The van der Waals surface area contributed by atoms with Crippen molar-refractivity contribution in [1.29, 1.82) is 0 Å². The quantitative estimate of drug-likeness (QED) is 0.673. The average molecular weight is 289 g/mol. The largest absolute Gasteiger partial charge is 0.478 e. The third-order valence-corrected chi connectivity index (χ3v) is 3.68. The number of carboxylic acid groups (broad SMARTS) is 1. The highest BCUT2D eigenvalue weighted by Crippen LogP contribution is 2.23. The zero-order valence-electron chi connectivity index (χ0n) is 11.3. The zero-order valence-corrected chi connectivity index (χ0v) is 12.1. The fraction of sp³-hybridized carbons (Fsp3) is 0.286. The molecule has 0 aliphatic rings. The zero-order chi connectivity index (χ0) is 14.5. The number of hydrogen-bond donors (Lipinski definition) is 1. The normalized spacial score (nSPS) is 10.5. The summed E-state index contributed by atoms with van der Waals surface area (Å²) in [4.78, 5) is 23.9. The fourth-order valence-electron chi connectivity index (χ4n) is 1.83. The van der Waals surface area contributed by atoms with Gasteiger partial charge in [0, 0.05) is 17.6 Å². The van der Waals surface area contributed by atoms with E-state index in [1.165, 1.54) is 11.8 Å². The molecule has 2 aromatic rings. The van der Waals surface area contributed by atoms with E-state index in [-0.39, 0.29) is 5.56 Å². The number of carboxylic acids is 1. The number of rotatable bonds is 5. The van der Waals surface area contributed by atoms with Crippen LogP contribution < -0.4 is 0 Å². The second-order valence-corrected chi connectivity index (χ2v) is 5.34. The molecule has 104 valence electrons. The van der Waals surface area contributed by atoms with E-state index in [2.05, 4.69) is 15.0 Å². The maximum absolute atomic E-state index is 11.3. The van der Waals surface area contributed by atoms with Crippen molar-refractivity contribution in [2.24, 2.45) is 0 Å². The fourth-order valence-corrected chi connectivity index (χ4v) is 2.91. The predicted octanol–water partition coefficient (Wildman–Crippen LogP) is 2.52. The summed E-state index contributed by atoms with van der Waals surface area (Å²) in [5.74, 6) is 0.336. The molecule has 0 bridgehead atoms. The van der Waals surface area contributed by atoms with E-state index >= 15 is 0 Å². The van der Waals surface area contributed by atoms with Gasteiger partial charge in [0.2, 0.25) is 0 Å². The first kappa shape index (κ1) is 14.5. The molecular formula is C14H15N3O2S. The first-order chi connectivity index (χ1) is 9.58. The Morgan fingerprint density at radius 1 is 1.30 bits per heavy atom. The number of nitrogens with zero attached hydrogens (tertiary/aromatic N) is 3. The lowest BCUT2D eigenvalue weighted by atomic mass is 10.2. The lowest BCUT2D eigenvalue weighted by Gasteiger charge is -2.08. The van der Waals surface area contributed by atoms with E-state index in [0.717, 1.165) is 17.9 Å². The predicted molar refractivity (Wildman–Crippen MR) is 77.1 cm³/mol. The molecular weight excluding hydrogens is 274 g/mol. The topological polar surface area (TPSA) is 76.0 Å². The van der Waals surface area contributed by atoms with E-state index in [1.807, 2.05) is 18.2 Å². The SMILES string of the molecule is Cc1nc(C)c(C(=O)O)c(SCCc2ccccn2)n1. The molecule has 0 saturated heterocycles. The molecule has 0 saturated carbocycles. The van der Waals surface area contributed by atoms with Crippen LogP contribution in [0.5, 0.6) is 0 Å². The number of pyridine rings is 1. The third-order valence-electron chi connectivity index (χ3n) is 2.71. The molecule has 0 amide bonds. The van der Waals surface area contributed by atoms with Crippen molar-refractivity contribution in [3.63, 3.8) is 0 Å². The summed E-state index contributed by atoms with van der Waals surface area (Å²) in [6.45, 7) is 3.46. The second kappa shape index (κ2) is 6.47. The van der Waals surface area contributed by atoms with Crippen molar-refractivity contribution in [3.05, 3.63) is 47.2 Å². The molecule has 6 heteroatoms. The van der Waals surface area contributed by atoms with Gasteiger partial charge in [0.15, 0.2) is 0 Å². The number of carbonyl (C=O) groups is 1. The summed E-state index contributed by atoms with van der Waals surface area (Å²) in [6.07, 6.45) is 2.52. The molecule has 0 unspecified atom stereocenters. The van der Waals surface area contributed by atoms with Crippen molar-refractivity contribution in [3.8, 4) is 0 Å². The number of hydrogen-bond acceptors (Lipinski definition) is 5. The van der Waals surface area contributed by atoms with E-state index in [4.69, 9.17) is 0 Å². The van der Waals surface area contributed by atoms with Crippen LogP contribution in [0.3, 0.4) is 0 Å². The smallest absolute Gasteiger partial charge is 0.340 e. The van der Waals surface area contributed by atoms with Crippen LogP contribution >= 0.6 is 11.8 Å². The molecule has 0 radical (unpaired) electrons. The molecule has 0 aromatic carbocycles. The molecule has 20 heavy (non-hydrogen) atoms. The number of aromatic nitrogens is 3. The summed E-state index contributed by atoms with van der Waals surface area (Å²) in [7, 11) is 0. The highest BCUT2D eigenvalue weighted by Gasteiger charge is 2.17. The van der Waals surface area contributed by atoms with Gasteiger partial charge in [0.1, 0.15) is 16.4 Å². The molecule has 0 aliphatic heterocycles. The molecule has 1 N–H and O–H groups in total. The van der Waals surface area contributed by atoms with Gasteiger partial charge in [-0.05, 0) is 32.4 Å². The Kier molecular flexibility index (Phi) is 4.68. The van der Waals surface area contributed by atoms with E-state index < -0.39 is 5.97 Å². The van der Waals surface area contributed by atoms with Gasteiger partial charge in [-0.1, -0.05) is 6.07 Å². The van der Waals surface area contributed by atoms with Crippen molar-refractivity contribution < 1.29 is 9.90 Å². The van der Waals surface area contributed by atoms with Crippen molar-refractivity contribution in [2.45, 2.75) is 25.3 Å². The summed E-state index contributed by atoms with van der Waals surface area (Å²) in [6, 6.07) is 5.76. The van der Waals surface area contributed by atoms with E-state index in [9.17, 15) is 9.90 Å². The van der Waals surface area contributed by atoms with Crippen molar-refractivity contribution in [2.75, 3.05) is 5.75 Å². The lowest BCUT2D eigenvalue weighted by Crippen LogP contribution is -2.08. The van der Waals surface area contributed by atoms with Gasteiger partial charge in [0.25, 0.3) is 0 Å². The Labute approximate surface area is 121 Å². The average Bonchev–Trinajstić information content (AvgIpc) is 2.38. The van der Waals surface area contributed by atoms with Crippen LogP contribution in [0.2, 0.25) is 0 Å². The molecule has 0 spiro atoms. The van der Waals surface area contributed by atoms with Crippen LogP contribution in [0.1, 0.15) is 27.6 Å². The molecule has 0 aliphatic carbocycles. The van der Waals surface area contributed by atoms with Gasteiger partial charge in [-0.2, -0.15) is 0 Å². The summed E-state index contributed by atoms with van der Waals surface area (Å²) in [5, 5.41) is 9.77. The number of aromatic carboxylic acids is 1. The van der Waals surface area contributed by atoms with E-state index in [1.54, 1.807) is 20.0 Å². The minimum absolute atomic E-state index is 0.196. The maximum atomic E-state index is 11.3. The van der Waals surface area contributed by atoms with Crippen LogP contribution in [0.15, 0.2) is 29.4 Å². The van der Waals surface area contributed by atoms with Crippen LogP contribution in [-0.2, 0) is 6.42 Å². The number of aryl methyl sites for hydroxylation is 3. The Morgan fingerprint density at radius 3 is 2.75 bits per heavy atom. The summed E-state index contributed by atoms with van der Waals surface area (Å²) >= 11 is 1.43. The first-order valence-corrected chi connectivity index (χ1v) is 7.17. The van der Waals surface area contributed by atoms with Crippen molar-refractivity contribution in [1.82, 2.24) is 15.0 Å². The van der Waals surface area contributed by atoms with Crippen molar-refractivity contribution >= 4 is 17.7 Å². The lowest BCUT2D eigenvalue weighted by molar-refractivity contribution is 0.0690. The summed E-state index contributed by atoms with van der Waals surface area (Å²) < 4.78 is 0. The standard InChI is InChI=1S/C14H15N3O2S/c1-9-12(14(18)19)13(17-10(2)16-9)20-8-6-11-5-3-4-7-15-11/h3-5,7H,6,8H2,1-2H3,(H,18,19). The molecule has 5 nitrogen and oxygen atoms in total. The molecule has 2 heterocycles. The third kappa shape index (κ3) is 3.54. The summed E-state index contributed by atoms with van der Waals surface area (Å²) in [5.41, 5.74) is 1.69. The van der Waals surface area contributed by atoms with Gasteiger partial charge >= 0.3 is 5.97 Å². The molecule has 0 atom stereocenters. The Bertz CT molecular complexity index is 617. The molecule has 2 rings (SSSR count). The Balaban J connectivity index is 2.11. The van der Waals surface area contributed by atoms with Gasteiger partial charge in [-0.15, -0.1) is 11.8 Å². The molecule has 0 fully saturated rings.